The van der Waals surface area contributed by atoms with Crippen LogP contribution in [0.2, 0.25) is 5.02 Å². The number of sulfonamides is 1. The first-order valence-electron chi connectivity index (χ1n) is 8.73. The molecule has 11 heteroatoms. The number of nitrogens with one attached hydrogen (secondary N) is 2. The zero-order valence-electron chi connectivity index (χ0n) is 15.1. The Morgan fingerprint density at radius 1 is 1.28 bits per heavy atom. The first-order valence-corrected chi connectivity index (χ1v) is 10.6. The fourth-order valence-electron chi connectivity index (χ4n) is 2.89. The molecular formula is C18H18ClN3O6S. The summed E-state index contributed by atoms with van der Waals surface area (Å²) in [7, 11) is -4.28. The Kier molecular flexibility index (Phi) is 6.36. The number of hydrogen-bond acceptors (Lipinski definition) is 6. The third-order valence-corrected chi connectivity index (χ3v) is 6.19. The van der Waals surface area contributed by atoms with Crippen LogP contribution in [0.3, 0.4) is 0 Å². The van der Waals surface area contributed by atoms with Crippen molar-refractivity contribution < 1.29 is 22.9 Å². The van der Waals surface area contributed by atoms with E-state index < -0.39 is 31.4 Å². The minimum atomic E-state index is -4.28. The summed E-state index contributed by atoms with van der Waals surface area (Å²) in [6.07, 6.45) is 1.72. The van der Waals surface area contributed by atoms with E-state index in [4.69, 9.17) is 16.3 Å². The molecule has 9 nitrogen and oxygen atoms in total. The molecule has 1 amide bonds. The molecule has 1 aliphatic heterocycles. The van der Waals surface area contributed by atoms with Crippen molar-refractivity contribution in [2.45, 2.75) is 23.8 Å². The number of nitro groups is 1. The molecule has 1 saturated heterocycles. The van der Waals surface area contributed by atoms with Crippen LogP contribution in [-0.2, 0) is 14.8 Å². The lowest BCUT2D eigenvalue weighted by molar-refractivity contribution is -0.385. The Hall–Kier alpha value is -2.69. The second kappa shape index (κ2) is 8.76. The predicted molar refractivity (Wildman–Crippen MR) is 107 cm³/mol. The minimum Gasteiger partial charge on any atom is -0.376 e. The van der Waals surface area contributed by atoms with E-state index in [1.165, 1.54) is 12.1 Å². The van der Waals surface area contributed by atoms with Crippen LogP contribution in [0.15, 0.2) is 47.4 Å². The molecule has 29 heavy (non-hydrogen) atoms. The van der Waals surface area contributed by atoms with Crippen LogP contribution in [-0.4, -0.2) is 38.5 Å². The van der Waals surface area contributed by atoms with Gasteiger partial charge in [0.25, 0.3) is 21.6 Å². The Labute approximate surface area is 172 Å². The van der Waals surface area contributed by atoms with Crippen LogP contribution in [0.25, 0.3) is 0 Å². The number of amides is 1. The number of rotatable bonds is 7. The van der Waals surface area contributed by atoms with Crippen molar-refractivity contribution >= 4 is 38.9 Å². The maximum Gasteiger partial charge on any atom is 0.270 e. The van der Waals surface area contributed by atoms with Gasteiger partial charge in [-0.25, -0.2) is 8.42 Å². The Morgan fingerprint density at radius 2 is 2.03 bits per heavy atom. The normalized spacial score (nSPS) is 16.4. The number of para-hydroxylation sites is 1. The fraction of sp³-hybridized carbons (Fsp3) is 0.278. The van der Waals surface area contributed by atoms with E-state index in [1.807, 2.05) is 0 Å². The van der Waals surface area contributed by atoms with Crippen molar-refractivity contribution in [2.75, 3.05) is 17.9 Å². The van der Waals surface area contributed by atoms with Crippen LogP contribution < -0.4 is 10.0 Å². The van der Waals surface area contributed by atoms with Crippen molar-refractivity contribution in [1.82, 2.24) is 5.32 Å². The van der Waals surface area contributed by atoms with E-state index >= 15 is 0 Å². The molecular weight excluding hydrogens is 422 g/mol. The molecule has 0 aromatic heterocycles. The van der Waals surface area contributed by atoms with Gasteiger partial charge in [0.15, 0.2) is 0 Å². The summed E-state index contributed by atoms with van der Waals surface area (Å²) in [5.41, 5.74) is -0.284. The number of nitrogens with zero attached hydrogens (tertiary/aromatic N) is 1. The molecule has 0 bridgehead atoms. The molecule has 0 unspecified atom stereocenters. The average molecular weight is 440 g/mol. The molecule has 3 rings (SSSR count). The number of non-ortho nitro benzene ring substituents is 1. The summed E-state index contributed by atoms with van der Waals surface area (Å²) < 4.78 is 33.3. The lowest BCUT2D eigenvalue weighted by Gasteiger charge is -2.15. The molecule has 1 fully saturated rings. The topological polar surface area (TPSA) is 128 Å². The highest BCUT2D eigenvalue weighted by Gasteiger charge is 2.24. The second-order valence-electron chi connectivity index (χ2n) is 6.37. The maximum atomic E-state index is 12.8. The highest BCUT2D eigenvalue weighted by atomic mass is 35.5. The van der Waals surface area contributed by atoms with Crippen LogP contribution in [0.1, 0.15) is 23.2 Å². The van der Waals surface area contributed by atoms with Gasteiger partial charge in [0.05, 0.1) is 27.3 Å². The number of carbonyl (C=O) groups is 1. The smallest absolute Gasteiger partial charge is 0.270 e. The Morgan fingerprint density at radius 3 is 2.72 bits per heavy atom. The van der Waals surface area contributed by atoms with Gasteiger partial charge in [0.2, 0.25) is 0 Å². The van der Waals surface area contributed by atoms with Crippen LogP contribution in [0, 0.1) is 10.1 Å². The van der Waals surface area contributed by atoms with Gasteiger partial charge in [-0.05, 0) is 31.0 Å². The monoisotopic (exact) mass is 439 g/mol. The first kappa shape index (κ1) is 21.0. The lowest BCUT2D eigenvalue weighted by atomic mass is 10.1. The zero-order valence-corrected chi connectivity index (χ0v) is 16.7. The van der Waals surface area contributed by atoms with Gasteiger partial charge in [-0.15, -0.1) is 0 Å². The van der Waals surface area contributed by atoms with Gasteiger partial charge >= 0.3 is 0 Å². The van der Waals surface area contributed by atoms with Crippen molar-refractivity contribution in [3.05, 3.63) is 63.2 Å². The van der Waals surface area contributed by atoms with Crippen LogP contribution >= 0.6 is 11.6 Å². The predicted octanol–water partition coefficient (Wildman–Crippen LogP) is 2.96. The number of benzene rings is 2. The quantitative estimate of drug-likeness (QED) is 0.504. The number of anilines is 1. The van der Waals surface area contributed by atoms with E-state index in [1.54, 1.807) is 12.1 Å². The van der Waals surface area contributed by atoms with E-state index in [-0.39, 0.29) is 22.4 Å². The fourth-order valence-corrected chi connectivity index (χ4v) is 4.49. The van der Waals surface area contributed by atoms with Crippen molar-refractivity contribution in [3.63, 3.8) is 0 Å². The van der Waals surface area contributed by atoms with E-state index in [9.17, 15) is 23.3 Å². The summed E-state index contributed by atoms with van der Waals surface area (Å²) >= 11 is 5.94. The molecule has 1 atom stereocenters. The van der Waals surface area contributed by atoms with E-state index in [0.29, 0.717) is 13.2 Å². The SMILES string of the molecule is O=C(NC[C@H]1CCCO1)c1ccccc1NS(=O)(=O)c1cc([N+](=O)[O-])ccc1Cl. The van der Waals surface area contributed by atoms with Crippen LogP contribution in [0.4, 0.5) is 11.4 Å². The number of hydrogen-bond donors (Lipinski definition) is 2. The molecule has 2 aromatic carbocycles. The Bertz CT molecular complexity index is 1040. The number of ether oxygens (including phenoxy) is 1. The van der Waals surface area contributed by atoms with Crippen LogP contribution in [0.5, 0.6) is 0 Å². The standard InChI is InChI=1S/C18H18ClN3O6S/c19-15-8-7-12(22(24)25)10-17(15)29(26,27)21-16-6-2-1-5-14(16)18(23)20-11-13-4-3-9-28-13/h1-2,5-8,10,13,21H,3-4,9,11H2,(H,20,23)/t13-/m1/s1. The summed E-state index contributed by atoms with van der Waals surface area (Å²) in [5, 5.41) is 13.5. The van der Waals surface area contributed by atoms with Crippen molar-refractivity contribution in [3.8, 4) is 0 Å². The number of nitro benzene ring substituents is 1. The molecule has 0 aliphatic carbocycles. The molecule has 1 aliphatic rings. The molecule has 154 valence electrons. The van der Waals surface area contributed by atoms with E-state index in [2.05, 4.69) is 10.0 Å². The molecule has 2 N–H and O–H groups in total. The van der Waals surface area contributed by atoms with Gasteiger partial charge in [-0.2, -0.15) is 0 Å². The molecule has 0 radical (unpaired) electrons. The molecule has 1 heterocycles. The maximum absolute atomic E-state index is 12.8. The summed E-state index contributed by atoms with van der Waals surface area (Å²) in [6.45, 7) is 0.970. The number of halogens is 1. The Balaban J connectivity index is 1.83. The second-order valence-corrected chi connectivity index (χ2v) is 8.43. The lowest BCUT2D eigenvalue weighted by Crippen LogP contribution is -2.32. The molecule has 0 saturated carbocycles. The van der Waals surface area contributed by atoms with Gasteiger partial charge < -0.3 is 10.1 Å². The highest BCUT2D eigenvalue weighted by molar-refractivity contribution is 7.92. The van der Waals surface area contributed by atoms with Gasteiger partial charge in [-0.3, -0.25) is 19.6 Å². The zero-order chi connectivity index (χ0) is 21.0. The average Bonchev–Trinajstić information content (AvgIpc) is 3.20. The molecule has 2 aromatic rings. The summed E-state index contributed by atoms with van der Waals surface area (Å²) in [5.74, 6) is -0.469. The molecule has 0 spiro atoms. The summed E-state index contributed by atoms with van der Waals surface area (Å²) in [6, 6.07) is 9.15. The third-order valence-electron chi connectivity index (χ3n) is 4.35. The summed E-state index contributed by atoms with van der Waals surface area (Å²) in [4.78, 5) is 22.3. The largest absolute Gasteiger partial charge is 0.376 e. The van der Waals surface area contributed by atoms with Crippen molar-refractivity contribution in [2.24, 2.45) is 0 Å². The third kappa shape index (κ3) is 5.03. The van der Waals surface area contributed by atoms with Gasteiger partial charge in [0.1, 0.15) is 4.90 Å². The number of carbonyl (C=O) groups excluding carboxylic acids is 1. The van der Waals surface area contributed by atoms with E-state index in [0.717, 1.165) is 31.0 Å². The minimum absolute atomic E-state index is 0.0277. The van der Waals surface area contributed by atoms with Gasteiger partial charge in [0, 0.05) is 25.3 Å². The highest BCUT2D eigenvalue weighted by Crippen LogP contribution is 2.28. The van der Waals surface area contributed by atoms with Crippen molar-refractivity contribution in [1.29, 1.82) is 0 Å². The van der Waals surface area contributed by atoms with Gasteiger partial charge in [-0.1, -0.05) is 23.7 Å². The first-order chi connectivity index (χ1) is 13.8.